The number of carbonyl (C=O) groups is 2. The fraction of sp³-hybridized carbons (Fsp3) is 0.526. The highest BCUT2D eigenvalue weighted by atomic mass is 32.2. The van der Waals surface area contributed by atoms with E-state index in [0.717, 1.165) is 24.2 Å². The molecular formula is C19H25N5O3S. The maximum Gasteiger partial charge on any atom is 0.328 e. The van der Waals surface area contributed by atoms with Crippen LogP contribution in [-0.2, 0) is 14.3 Å². The number of hydrogen-bond acceptors (Lipinski definition) is 7. The van der Waals surface area contributed by atoms with Crippen LogP contribution in [-0.4, -0.2) is 50.5 Å². The SMILES string of the molecule is COC(=O)[C@H](CC(C)C)NC(=O)CSc1nnc(-c2ccncc2)n1C1CC1. The summed E-state index contributed by atoms with van der Waals surface area (Å²) in [4.78, 5) is 28.3. The van der Waals surface area contributed by atoms with Crippen molar-refractivity contribution in [1.82, 2.24) is 25.1 Å². The molecule has 0 radical (unpaired) electrons. The normalized spacial score (nSPS) is 14.7. The molecule has 1 amide bonds. The Morgan fingerprint density at radius 3 is 2.61 bits per heavy atom. The summed E-state index contributed by atoms with van der Waals surface area (Å²) < 4.78 is 6.89. The number of hydrogen-bond donors (Lipinski definition) is 1. The van der Waals surface area contributed by atoms with Gasteiger partial charge >= 0.3 is 5.97 Å². The molecule has 1 aliphatic carbocycles. The third-order valence-electron chi connectivity index (χ3n) is 4.38. The first-order valence-corrected chi connectivity index (χ1v) is 10.3. The van der Waals surface area contributed by atoms with E-state index < -0.39 is 12.0 Å². The van der Waals surface area contributed by atoms with Crippen molar-refractivity contribution >= 4 is 23.6 Å². The van der Waals surface area contributed by atoms with Gasteiger partial charge in [-0.2, -0.15) is 0 Å². The van der Waals surface area contributed by atoms with E-state index in [1.54, 1.807) is 12.4 Å². The van der Waals surface area contributed by atoms with E-state index in [0.29, 0.717) is 17.6 Å². The molecule has 1 atom stereocenters. The molecule has 0 unspecified atom stereocenters. The summed E-state index contributed by atoms with van der Waals surface area (Å²) in [6.07, 6.45) is 6.14. The zero-order chi connectivity index (χ0) is 20.1. The number of amides is 1. The number of nitrogens with one attached hydrogen (secondary N) is 1. The molecule has 2 heterocycles. The minimum Gasteiger partial charge on any atom is -0.467 e. The zero-order valence-corrected chi connectivity index (χ0v) is 17.1. The van der Waals surface area contributed by atoms with E-state index >= 15 is 0 Å². The number of nitrogens with zero attached hydrogens (tertiary/aromatic N) is 4. The van der Waals surface area contributed by atoms with Crippen LogP contribution >= 0.6 is 11.8 Å². The molecule has 0 saturated heterocycles. The average Bonchev–Trinajstić information content (AvgIpc) is 3.44. The lowest BCUT2D eigenvalue weighted by atomic mass is 10.0. The molecule has 1 N–H and O–H groups in total. The topological polar surface area (TPSA) is 99.0 Å². The number of aromatic nitrogens is 4. The van der Waals surface area contributed by atoms with Crippen molar-refractivity contribution in [1.29, 1.82) is 0 Å². The zero-order valence-electron chi connectivity index (χ0n) is 16.3. The lowest BCUT2D eigenvalue weighted by molar-refractivity contribution is -0.145. The highest BCUT2D eigenvalue weighted by molar-refractivity contribution is 7.99. The second-order valence-electron chi connectivity index (χ2n) is 7.20. The average molecular weight is 404 g/mol. The van der Waals surface area contributed by atoms with Crippen LogP contribution in [0.4, 0.5) is 0 Å². The van der Waals surface area contributed by atoms with E-state index in [4.69, 9.17) is 4.74 Å². The number of rotatable bonds is 9. The number of ether oxygens (including phenoxy) is 1. The number of thioether (sulfide) groups is 1. The van der Waals surface area contributed by atoms with Crippen molar-refractivity contribution in [3.05, 3.63) is 24.5 Å². The van der Waals surface area contributed by atoms with Gasteiger partial charge in [0, 0.05) is 24.0 Å². The lowest BCUT2D eigenvalue weighted by Crippen LogP contribution is -2.43. The van der Waals surface area contributed by atoms with Crippen LogP contribution in [0, 0.1) is 5.92 Å². The van der Waals surface area contributed by atoms with Crippen molar-refractivity contribution in [2.75, 3.05) is 12.9 Å². The smallest absolute Gasteiger partial charge is 0.328 e. The first kappa shape index (κ1) is 20.3. The molecule has 0 aliphatic heterocycles. The molecule has 1 aliphatic rings. The van der Waals surface area contributed by atoms with Gasteiger partial charge in [-0.05, 0) is 37.3 Å². The highest BCUT2D eigenvalue weighted by Crippen LogP contribution is 2.40. The standard InChI is InChI=1S/C19H25N5O3S/c1-12(2)10-15(18(26)27-3)21-16(25)11-28-19-23-22-17(24(19)14-4-5-14)13-6-8-20-9-7-13/h6-9,12,14-15H,4-5,10-11H2,1-3H3,(H,21,25)/t15-/m0/s1. The molecule has 8 nitrogen and oxygen atoms in total. The van der Waals surface area contributed by atoms with Gasteiger partial charge in [-0.15, -0.1) is 10.2 Å². The largest absolute Gasteiger partial charge is 0.467 e. The maximum absolute atomic E-state index is 12.4. The molecule has 28 heavy (non-hydrogen) atoms. The maximum atomic E-state index is 12.4. The molecule has 0 aromatic carbocycles. The van der Waals surface area contributed by atoms with Crippen LogP contribution < -0.4 is 5.32 Å². The third kappa shape index (κ3) is 5.09. The Hall–Kier alpha value is -2.42. The van der Waals surface area contributed by atoms with Gasteiger partial charge in [-0.25, -0.2) is 4.79 Å². The molecule has 1 fully saturated rings. The Morgan fingerprint density at radius 2 is 2.00 bits per heavy atom. The van der Waals surface area contributed by atoms with Crippen LogP contribution in [0.5, 0.6) is 0 Å². The third-order valence-corrected chi connectivity index (χ3v) is 5.32. The molecular weight excluding hydrogens is 378 g/mol. The predicted molar refractivity (Wildman–Crippen MR) is 106 cm³/mol. The second-order valence-corrected chi connectivity index (χ2v) is 8.15. The fourth-order valence-electron chi connectivity index (χ4n) is 2.93. The van der Waals surface area contributed by atoms with Gasteiger partial charge in [0.15, 0.2) is 11.0 Å². The quantitative estimate of drug-likeness (QED) is 0.507. The summed E-state index contributed by atoms with van der Waals surface area (Å²) >= 11 is 1.33. The molecule has 0 spiro atoms. The molecule has 3 rings (SSSR count). The van der Waals surface area contributed by atoms with E-state index in [9.17, 15) is 9.59 Å². The van der Waals surface area contributed by atoms with Crippen LogP contribution in [0.15, 0.2) is 29.7 Å². The van der Waals surface area contributed by atoms with Gasteiger partial charge in [0.05, 0.1) is 12.9 Å². The van der Waals surface area contributed by atoms with Gasteiger partial charge in [-0.1, -0.05) is 25.6 Å². The van der Waals surface area contributed by atoms with Crippen molar-refractivity contribution in [3.8, 4) is 11.4 Å². The Labute approximate surface area is 168 Å². The summed E-state index contributed by atoms with van der Waals surface area (Å²) in [5, 5.41) is 12.1. The van der Waals surface area contributed by atoms with Crippen LogP contribution in [0.25, 0.3) is 11.4 Å². The Balaban J connectivity index is 1.66. The minimum absolute atomic E-state index is 0.160. The van der Waals surface area contributed by atoms with Crippen molar-refractivity contribution < 1.29 is 14.3 Å². The fourth-order valence-corrected chi connectivity index (χ4v) is 3.75. The number of carbonyl (C=O) groups excluding carboxylic acids is 2. The van der Waals surface area contributed by atoms with Gasteiger partial charge in [0.25, 0.3) is 0 Å². The Morgan fingerprint density at radius 1 is 1.29 bits per heavy atom. The first-order valence-electron chi connectivity index (χ1n) is 9.35. The predicted octanol–water partition coefficient (Wildman–Crippen LogP) is 2.47. The van der Waals surface area contributed by atoms with Crippen LogP contribution in [0.2, 0.25) is 0 Å². The number of pyridine rings is 1. The van der Waals surface area contributed by atoms with Gasteiger partial charge in [0.1, 0.15) is 6.04 Å². The molecule has 9 heteroatoms. The number of esters is 1. The van der Waals surface area contributed by atoms with Crippen LogP contribution in [0.3, 0.4) is 0 Å². The van der Waals surface area contributed by atoms with E-state index in [-0.39, 0.29) is 17.6 Å². The molecule has 0 bridgehead atoms. The minimum atomic E-state index is -0.633. The summed E-state index contributed by atoms with van der Waals surface area (Å²) in [7, 11) is 1.33. The van der Waals surface area contributed by atoms with Gasteiger partial charge in [0.2, 0.25) is 5.91 Å². The Bertz CT molecular complexity index is 820. The first-order chi connectivity index (χ1) is 13.5. The van der Waals surface area contributed by atoms with Gasteiger partial charge in [-0.3, -0.25) is 14.3 Å². The van der Waals surface area contributed by atoms with E-state index in [2.05, 4.69) is 25.1 Å². The van der Waals surface area contributed by atoms with Crippen molar-refractivity contribution in [2.24, 2.45) is 5.92 Å². The van der Waals surface area contributed by atoms with E-state index in [1.165, 1.54) is 18.9 Å². The molecule has 150 valence electrons. The molecule has 2 aromatic rings. The molecule has 1 saturated carbocycles. The molecule has 2 aromatic heterocycles. The highest BCUT2D eigenvalue weighted by Gasteiger charge is 2.30. The Kier molecular flexibility index (Phi) is 6.66. The summed E-state index contributed by atoms with van der Waals surface area (Å²) in [5.41, 5.74) is 0.952. The van der Waals surface area contributed by atoms with E-state index in [1.807, 2.05) is 26.0 Å². The summed E-state index contributed by atoms with van der Waals surface area (Å²) in [5.74, 6) is 0.565. The lowest BCUT2D eigenvalue weighted by Gasteiger charge is -2.18. The van der Waals surface area contributed by atoms with Crippen molar-refractivity contribution in [2.45, 2.75) is 50.4 Å². The van der Waals surface area contributed by atoms with Gasteiger partial charge < -0.3 is 10.1 Å². The van der Waals surface area contributed by atoms with Crippen LogP contribution in [0.1, 0.15) is 39.2 Å². The number of methoxy groups -OCH3 is 1. The van der Waals surface area contributed by atoms with Crippen molar-refractivity contribution in [3.63, 3.8) is 0 Å². The summed E-state index contributed by atoms with van der Waals surface area (Å²) in [6, 6.07) is 3.53. The second kappa shape index (κ2) is 9.18. The summed E-state index contributed by atoms with van der Waals surface area (Å²) in [6.45, 7) is 3.99. The monoisotopic (exact) mass is 403 g/mol.